The van der Waals surface area contributed by atoms with E-state index in [2.05, 4.69) is 37.9 Å². The molecule has 0 aliphatic rings. The van der Waals surface area contributed by atoms with Crippen LogP contribution in [0, 0.1) is 5.92 Å². The van der Waals surface area contributed by atoms with Gasteiger partial charge in [0, 0.05) is 19.1 Å². The molecule has 0 rings (SSSR count). The molecule has 4 nitrogen and oxygen atoms in total. The minimum absolute atomic E-state index is 0.127. The van der Waals surface area contributed by atoms with Crippen LogP contribution in [0.5, 0.6) is 0 Å². The summed E-state index contributed by atoms with van der Waals surface area (Å²) in [7, 11) is 0. The van der Waals surface area contributed by atoms with Crippen molar-refractivity contribution in [3.8, 4) is 0 Å². The van der Waals surface area contributed by atoms with Gasteiger partial charge in [0.15, 0.2) is 0 Å². The van der Waals surface area contributed by atoms with E-state index in [-0.39, 0.29) is 12.0 Å². The van der Waals surface area contributed by atoms with E-state index in [1.54, 1.807) is 0 Å². The maximum absolute atomic E-state index is 11.8. The van der Waals surface area contributed by atoms with Crippen molar-refractivity contribution in [3.63, 3.8) is 0 Å². The first-order chi connectivity index (χ1) is 8.92. The summed E-state index contributed by atoms with van der Waals surface area (Å²) >= 11 is 0. The highest BCUT2D eigenvalue weighted by atomic mass is 16.5. The summed E-state index contributed by atoms with van der Waals surface area (Å²) in [5.41, 5.74) is 0. The zero-order valence-corrected chi connectivity index (χ0v) is 13.5. The molecule has 0 heterocycles. The summed E-state index contributed by atoms with van der Waals surface area (Å²) in [5, 5.41) is 3.21. The van der Waals surface area contributed by atoms with Crippen molar-refractivity contribution in [3.05, 3.63) is 0 Å². The fourth-order valence-electron chi connectivity index (χ4n) is 2.12. The lowest BCUT2D eigenvalue weighted by Crippen LogP contribution is -2.43. The highest BCUT2D eigenvalue weighted by Gasteiger charge is 2.20. The molecule has 1 unspecified atom stereocenters. The molecule has 0 amide bonds. The number of nitrogens with zero attached hydrogens (tertiary/aromatic N) is 1. The number of hydrogen-bond donors (Lipinski definition) is 1. The second kappa shape index (κ2) is 10.2. The molecule has 0 bridgehead atoms. The minimum Gasteiger partial charge on any atom is -0.465 e. The van der Waals surface area contributed by atoms with Gasteiger partial charge >= 0.3 is 5.97 Å². The van der Waals surface area contributed by atoms with Crippen molar-refractivity contribution in [2.24, 2.45) is 5.92 Å². The molecule has 0 saturated carbocycles. The first kappa shape index (κ1) is 18.4. The van der Waals surface area contributed by atoms with Crippen molar-refractivity contribution in [2.45, 2.75) is 60.0 Å². The smallest absolute Gasteiger partial charge is 0.323 e. The van der Waals surface area contributed by atoms with Gasteiger partial charge in [-0.2, -0.15) is 0 Å². The molecule has 1 atom stereocenters. The van der Waals surface area contributed by atoms with E-state index >= 15 is 0 Å². The molecule has 0 saturated heterocycles. The van der Waals surface area contributed by atoms with Crippen LogP contribution in [0.25, 0.3) is 0 Å². The van der Waals surface area contributed by atoms with Crippen molar-refractivity contribution in [1.82, 2.24) is 10.2 Å². The number of carbonyl (C=O) groups excluding carboxylic acids is 1. The lowest BCUT2D eigenvalue weighted by Gasteiger charge is -2.29. The van der Waals surface area contributed by atoms with Crippen LogP contribution in [0.3, 0.4) is 0 Å². The van der Waals surface area contributed by atoms with Gasteiger partial charge in [-0.1, -0.05) is 20.8 Å². The summed E-state index contributed by atoms with van der Waals surface area (Å²) in [5.74, 6) is 0.514. The number of rotatable bonds is 10. The quantitative estimate of drug-likeness (QED) is 0.620. The molecule has 0 aromatic heterocycles. The number of nitrogens with one attached hydrogen (secondary N) is 1. The summed E-state index contributed by atoms with van der Waals surface area (Å²) in [6.07, 6.45) is 0.803. The highest BCUT2D eigenvalue weighted by molar-refractivity contribution is 5.75. The molecule has 1 N–H and O–H groups in total. The maximum atomic E-state index is 11.8. The van der Waals surface area contributed by atoms with Crippen molar-refractivity contribution >= 4 is 5.97 Å². The molecule has 0 fully saturated rings. The lowest BCUT2D eigenvalue weighted by atomic mass is 10.1. The minimum atomic E-state index is -0.182. The van der Waals surface area contributed by atoms with E-state index in [1.807, 2.05) is 13.8 Å². The Morgan fingerprint density at radius 2 is 1.84 bits per heavy atom. The highest BCUT2D eigenvalue weighted by Crippen LogP contribution is 2.07. The number of likely N-dealkylation sites (N-methyl/N-ethyl adjacent to an activating group) is 1. The van der Waals surface area contributed by atoms with E-state index < -0.39 is 0 Å². The molecule has 0 aromatic rings. The summed E-state index contributed by atoms with van der Waals surface area (Å²) in [6, 6.07) is 0.324. The normalized spacial score (nSPS) is 13.3. The molecule has 0 aliphatic carbocycles. The molecule has 0 aliphatic heterocycles. The van der Waals surface area contributed by atoms with E-state index in [1.165, 1.54) is 0 Å². The second-order valence-corrected chi connectivity index (χ2v) is 5.63. The summed E-state index contributed by atoms with van der Waals surface area (Å²) < 4.78 is 5.11. The van der Waals surface area contributed by atoms with Crippen molar-refractivity contribution < 1.29 is 9.53 Å². The molecular weight excluding hydrogens is 240 g/mol. The molecule has 0 spiro atoms. The molecule has 4 heteroatoms. The second-order valence-electron chi connectivity index (χ2n) is 5.63. The van der Waals surface area contributed by atoms with E-state index in [0.717, 1.165) is 26.1 Å². The Morgan fingerprint density at radius 1 is 1.21 bits per heavy atom. The largest absolute Gasteiger partial charge is 0.465 e. The van der Waals surface area contributed by atoms with E-state index in [0.29, 0.717) is 18.6 Å². The molecule has 19 heavy (non-hydrogen) atoms. The first-order valence-electron chi connectivity index (χ1n) is 7.56. The van der Waals surface area contributed by atoms with Crippen LogP contribution in [-0.2, 0) is 9.53 Å². The van der Waals surface area contributed by atoms with Crippen LogP contribution in [0.2, 0.25) is 0 Å². The standard InChI is InChI=1S/C15H32N2O2/c1-7-16-14(15(18)19-8-2)9-10-17(13(5)6)11-12(3)4/h12-14,16H,7-11H2,1-6H3. The monoisotopic (exact) mass is 272 g/mol. The molecule has 0 aromatic carbocycles. The maximum Gasteiger partial charge on any atom is 0.323 e. The van der Waals surface area contributed by atoms with Gasteiger partial charge < -0.3 is 15.0 Å². The predicted octanol–water partition coefficient (Wildman–Crippen LogP) is 2.28. The lowest BCUT2D eigenvalue weighted by molar-refractivity contribution is -0.146. The van der Waals surface area contributed by atoms with Crippen LogP contribution in [0.1, 0.15) is 48.0 Å². The average molecular weight is 272 g/mol. The first-order valence-corrected chi connectivity index (χ1v) is 7.56. The van der Waals surface area contributed by atoms with Crippen LogP contribution in [0.15, 0.2) is 0 Å². The van der Waals surface area contributed by atoms with E-state index in [9.17, 15) is 4.79 Å². The third-order valence-corrected chi connectivity index (χ3v) is 3.06. The predicted molar refractivity (Wildman–Crippen MR) is 80.3 cm³/mol. The Hall–Kier alpha value is -0.610. The topological polar surface area (TPSA) is 41.6 Å². The Balaban J connectivity index is 4.36. The Labute approximate surface area is 118 Å². The Morgan fingerprint density at radius 3 is 2.26 bits per heavy atom. The zero-order valence-electron chi connectivity index (χ0n) is 13.5. The van der Waals surface area contributed by atoms with E-state index in [4.69, 9.17) is 4.74 Å². The van der Waals surface area contributed by atoms with Gasteiger partial charge in [-0.15, -0.1) is 0 Å². The fraction of sp³-hybridized carbons (Fsp3) is 0.933. The van der Waals surface area contributed by atoms with Gasteiger partial charge in [-0.3, -0.25) is 4.79 Å². The number of carbonyl (C=O) groups is 1. The van der Waals surface area contributed by atoms with Crippen LogP contribution < -0.4 is 5.32 Å². The SMILES string of the molecule is CCNC(CCN(CC(C)C)C(C)C)C(=O)OCC. The van der Waals surface area contributed by atoms with Gasteiger partial charge in [-0.25, -0.2) is 0 Å². The number of hydrogen-bond acceptors (Lipinski definition) is 4. The van der Waals surface area contributed by atoms with Gasteiger partial charge in [0.2, 0.25) is 0 Å². The van der Waals surface area contributed by atoms with Crippen molar-refractivity contribution in [1.29, 1.82) is 0 Å². The van der Waals surface area contributed by atoms with Crippen LogP contribution in [0.4, 0.5) is 0 Å². The number of esters is 1. The van der Waals surface area contributed by atoms with Gasteiger partial charge in [-0.05, 0) is 39.7 Å². The average Bonchev–Trinajstić information content (AvgIpc) is 2.32. The van der Waals surface area contributed by atoms with Crippen LogP contribution >= 0.6 is 0 Å². The Kier molecular flexibility index (Phi) is 9.88. The van der Waals surface area contributed by atoms with Gasteiger partial charge in [0.25, 0.3) is 0 Å². The molecular formula is C15H32N2O2. The third-order valence-electron chi connectivity index (χ3n) is 3.06. The van der Waals surface area contributed by atoms with Crippen molar-refractivity contribution in [2.75, 3.05) is 26.2 Å². The Bertz CT molecular complexity index is 242. The zero-order chi connectivity index (χ0) is 14.8. The molecule has 0 radical (unpaired) electrons. The summed E-state index contributed by atoms with van der Waals surface area (Å²) in [6.45, 7) is 15.9. The fourth-order valence-corrected chi connectivity index (χ4v) is 2.12. The van der Waals surface area contributed by atoms with Gasteiger partial charge in [0.1, 0.15) is 6.04 Å². The molecule has 114 valence electrons. The summed E-state index contributed by atoms with van der Waals surface area (Å²) in [4.78, 5) is 14.3. The number of ether oxygens (including phenoxy) is 1. The van der Waals surface area contributed by atoms with Gasteiger partial charge in [0.05, 0.1) is 6.61 Å². The van der Waals surface area contributed by atoms with Crippen LogP contribution in [-0.4, -0.2) is 49.2 Å². The third kappa shape index (κ3) is 8.22.